The Hall–Kier alpha value is -0.750. The molecule has 3 N–H and O–H groups in total. The molecule has 1 amide bonds. The Bertz CT molecular complexity index is 196. The minimum atomic E-state index is -2.81. The van der Waals surface area contributed by atoms with E-state index in [1.165, 1.54) is 0 Å². The number of rotatable bonds is 4. The molecule has 0 saturated carbocycles. The Kier molecular flexibility index (Phi) is 4.21. The van der Waals surface area contributed by atoms with Crippen LogP contribution in [-0.4, -0.2) is 42.7 Å². The monoisotopic (exact) mass is 208 g/mol. The van der Waals surface area contributed by atoms with Gasteiger partial charge in [0.15, 0.2) is 0 Å². The van der Waals surface area contributed by atoms with Gasteiger partial charge in [0.2, 0.25) is 5.91 Å². The second kappa shape index (κ2) is 5.21. The average Bonchev–Trinajstić information content (AvgIpc) is 2.66. The van der Waals surface area contributed by atoms with Gasteiger partial charge in [-0.1, -0.05) is 0 Å². The first-order chi connectivity index (χ1) is 6.61. The smallest absolute Gasteiger partial charge is 0.265 e. The van der Waals surface area contributed by atoms with Crippen LogP contribution in [0.2, 0.25) is 0 Å². The summed E-state index contributed by atoms with van der Waals surface area (Å²) in [5.41, 5.74) is 0. The predicted octanol–water partition coefficient (Wildman–Crippen LogP) is -0.519. The topological polar surface area (TPSA) is 61.4 Å². The summed E-state index contributed by atoms with van der Waals surface area (Å²) >= 11 is 0. The zero-order valence-corrected chi connectivity index (χ0v) is 7.67. The highest BCUT2D eigenvalue weighted by Gasteiger charge is 2.23. The van der Waals surface area contributed by atoms with Crippen molar-refractivity contribution in [3.05, 3.63) is 0 Å². The third-order valence-corrected chi connectivity index (χ3v) is 2.15. The Morgan fingerprint density at radius 1 is 1.64 bits per heavy atom. The van der Waals surface area contributed by atoms with Crippen molar-refractivity contribution in [2.75, 3.05) is 13.1 Å². The Labute approximate surface area is 80.7 Å². The molecule has 1 fully saturated rings. The van der Waals surface area contributed by atoms with E-state index in [1.54, 1.807) is 0 Å². The molecule has 0 aliphatic carbocycles. The van der Waals surface area contributed by atoms with Crippen molar-refractivity contribution >= 4 is 5.91 Å². The number of aliphatic hydroxyl groups excluding tert-OH is 1. The molecule has 0 spiro atoms. The van der Waals surface area contributed by atoms with E-state index in [4.69, 9.17) is 5.11 Å². The second-order valence-corrected chi connectivity index (χ2v) is 3.30. The molecule has 0 bridgehead atoms. The van der Waals surface area contributed by atoms with E-state index in [1.807, 2.05) is 0 Å². The van der Waals surface area contributed by atoms with E-state index in [2.05, 4.69) is 10.6 Å². The summed E-state index contributed by atoms with van der Waals surface area (Å²) in [7, 11) is 0. The maximum atomic E-state index is 11.8. The van der Waals surface area contributed by atoms with Crippen LogP contribution in [0, 0.1) is 0 Å². The highest BCUT2D eigenvalue weighted by atomic mass is 19.3. The van der Waals surface area contributed by atoms with Crippen LogP contribution in [-0.2, 0) is 4.79 Å². The first kappa shape index (κ1) is 11.3. The molecule has 1 aliphatic rings. The van der Waals surface area contributed by atoms with Gasteiger partial charge in [0, 0.05) is 6.54 Å². The van der Waals surface area contributed by atoms with Gasteiger partial charge < -0.3 is 15.7 Å². The molecule has 14 heavy (non-hydrogen) atoms. The van der Waals surface area contributed by atoms with Crippen LogP contribution in [0.15, 0.2) is 0 Å². The van der Waals surface area contributed by atoms with Crippen molar-refractivity contribution < 1.29 is 18.7 Å². The number of carbonyl (C=O) groups excluding carboxylic acids is 1. The Morgan fingerprint density at radius 2 is 2.36 bits per heavy atom. The van der Waals surface area contributed by atoms with Gasteiger partial charge >= 0.3 is 0 Å². The third-order valence-electron chi connectivity index (χ3n) is 2.15. The average molecular weight is 208 g/mol. The largest absolute Gasteiger partial charge is 0.385 e. The lowest BCUT2D eigenvalue weighted by atomic mass is 10.2. The van der Waals surface area contributed by atoms with Crippen LogP contribution in [0.3, 0.4) is 0 Å². The molecule has 6 heteroatoms. The van der Waals surface area contributed by atoms with Gasteiger partial charge in [0.25, 0.3) is 6.43 Å². The minimum Gasteiger partial charge on any atom is -0.385 e. The fourth-order valence-electron chi connectivity index (χ4n) is 1.33. The van der Waals surface area contributed by atoms with Gasteiger partial charge in [0.1, 0.15) is 6.10 Å². The van der Waals surface area contributed by atoms with E-state index in [9.17, 15) is 13.6 Å². The van der Waals surface area contributed by atoms with E-state index in [-0.39, 0.29) is 11.9 Å². The molecule has 82 valence electrons. The van der Waals surface area contributed by atoms with Crippen molar-refractivity contribution in [2.45, 2.75) is 31.4 Å². The summed E-state index contributed by atoms with van der Waals surface area (Å²) in [4.78, 5) is 11.2. The molecule has 0 radical (unpaired) electrons. The molecule has 2 atom stereocenters. The van der Waals surface area contributed by atoms with E-state index >= 15 is 0 Å². The number of hydrogen-bond acceptors (Lipinski definition) is 3. The number of aliphatic hydroxyl groups is 1. The molecule has 2 unspecified atom stereocenters. The number of carbonyl (C=O) groups is 1. The summed E-state index contributed by atoms with van der Waals surface area (Å²) in [6.07, 6.45) is -2.96. The summed E-state index contributed by atoms with van der Waals surface area (Å²) in [5.74, 6) is -0.317. The first-order valence-corrected chi connectivity index (χ1v) is 4.58. The second-order valence-electron chi connectivity index (χ2n) is 3.30. The minimum absolute atomic E-state index is 0.292. The van der Waals surface area contributed by atoms with Gasteiger partial charge in [-0.25, -0.2) is 8.78 Å². The van der Waals surface area contributed by atoms with Crippen molar-refractivity contribution in [1.29, 1.82) is 0 Å². The molecule has 1 saturated heterocycles. The van der Waals surface area contributed by atoms with Crippen molar-refractivity contribution in [3.8, 4) is 0 Å². The van der Waals surface area contributed by atoms with Crippen LogP contribution < -0.4 is 10.6 Å². The lowest BCUT2D eigenvalue weighted by Crippen LogP contribution is -2.44. The first-order valence-electron chi connectivity index (χ1n) is 4.58. The van der Waals surface area contributed by atoms with Crippen molar-refractivity contribution in [3.63, 3.8) is 0 Å². The highest BCUT2D eigenvalue weighted by Crippen LogP contribution is 2.05. The lowest BCUT2D eigenvalue weighted by molar-refractivity contribution is -0.123. The van der Waals surface area contributed by atoms with Crippen LogP contribution in [0.1, 0.15) is 12.8 Å². The summed E-state index contributed by atoms with van der Waals surface area (Å²) in [6, 6.07) is -0.292. The Balaban J connectivity index is 2.20. The van der Waals surface area contributed by atoms with Crippen LogP contribution in [0.5, 0.6) is 0 Å². The number of alkyl halides is 2. The molecule has 0 aromatic rings. The van der Waals surface area contributed by atoms with E-state index in [0.29, 0.717) is 0 Å². The number of nitrogens with one attached hydrogen (secondary N) is 2. The zero-order valence-electron chi connectivity index (χ0n) is 7.67. The van der Waals surface area contributed by atoms with Crippen LogP contribution in [0.25, 0.3) is 0 Å². The summed E-state index contributed by atoms with van der Waals surface area (Å²) in [6.45, 7) is 0.379. The standard InChI is InChI=1S/C8H14F2N2O2/c9-7(10)6(13)4-12-8(14)5-2-1-3-11-5/h5-7,11,13H,1-4H2,(H,12,14). The molecular formula is C8H14F2N2O2. The third kappa shape index (κ3) is 3.19. The quantitative estimate of drug-likeness (QED) is 0.582. The van der Waals surface area contributed by atoms with Gasteiger partial charge in [-0.15, -0.1) is 0 Å². The van der Waals surface area contributed by atoms with E-state index in [0.717, 1.165) is 19.4 Å². The highest BCUT2D eigenvalue weighted by molar-refractivity contribution is 5.81. The van der Waals surface area contributed by atoms with Gasteiger partial charge in [-0.2, -0.15) is 0 Å². The van der Waals surface area contributed by atoms with Crippen LogP contribution >= 0.6 is 0 Å². The van der Waals surface area contributed by atoms with Crippen LogP contribution in [0.4, 0.5) is 8.78 Å². The molecule has 1 rings (SSSR count). The van der Waals surface area contributed by atoms with Gasteiger partial charge in [0.05, 0.1) is 6.04 Å². The maximum Gasteiger partial charge on any atom is 0.265 e. The lowest BCUT2D eigenvalue weighted by Gasteiger charge is -2.13. The van der Waals surface area contributed by atoms with Crippen molar-refractivity contribution in [1.82, 2.24) is 10.6 Å². The molecule has 0 aromatic heterocycles. The molecule has 4 nitrogen and oxygen atoms in total. The molecular weight excluding hydrogens is 194 g/mol. The fraction of sp³-hybridized carbons (Fsp3) is 0.875. The van der Waals surface area contributed by atoms with Gasteiger partial charge in [-0.3, -0.25) is 4.79 Å². The summed E-state index contributed by atoms with van der Waals surface area (Å²) < 4.78 is 23.7. The normalized spacial score (nSPS) is 23.9. The van der Waals surface area contributed by atoms with Crippen molar-refractivity contribution in [2.24, 2.45) is 0 Å². The van der Waals surface area contributed by atoms with E-state index < -0.39 is 19.1 Å². The number of amides is 1. The SMILES string of the molecule is O=C(NCC(O)C(F)F)C1CCCN1. The fourth-order valence-corrected chi connectivity index (χ4v) is 1.33. The molecule has 1 aliphatic heterocycles. The molecule has 0 aromatic carbocycles. The molecule has 1 heterocycles. The number of hydrogen-bond donors (Lipinski definition) is 3. The van der Waals surface area contributed by atoms with Gasteiger partial charge in [-0.05, 0) is 19.4 Å². The Morgan fingerprint density at radius 3 is 2.86 bits per heavy atom. The number of halogens is 2. The predicted molar refractivity (Wildman–Crippen MR) is 46.0 cm³/mol. The zero-order chi connectivity index (χ0) is 10.6. The maximum absolute atomic E-state index is 11.8. The summed E-state index contributed by atoms with van der Waals surface area (Å²) in [5, 5.41) is 13.9.